The van der Waals surface area contributed by atoms with Gasteiger partial charge in [0.25, 0.3) is 0 Å². The smallest absolute Gasteiger partial charge is 0.304 e. The highest BCUT2D eigenvalue weighted by Crippen LogP contribution is 2.43. The lowest BCUT2D eigenvalue weighted by atomic mass is 9.98. The molecule has 7 nitrogen and oxygen atoms in total. The average Bonchev–Trinajstić information content (AvgIpc) is 3.55. The second kappa shape index (κ2) is 8.90. The van der Waals surface area contributed by atoms with Crippen molar-refractivity contribution in [3.05, 3.63) is 77.1 Å². The Morgan fingerprint density at radius 3 is 2.83 bits per heavy atom. The highest BCUT2D eigenvalue weighted by Gasteiger charge is 2.31. The Labute approximate surface area is 209 Å². The van der Waals surface area contributed by atoms with Gasteiger partial charge in [0, 0.05) is 41.8 Å². The highest BCUT2D eigenvalue weighted by molar-refractivity contribution is 5.80. The quantitative estimate of drug-likeness (QED) is 0.330. The van der Waals surface area contributed by atoms with Crippen LogP contribution in [-0.4, -0.2) is 34.3 Å². The molecule has 1 saturated carbocycles. The molecule has 7 heteroatoms. The number of benzene rings is 3. The van der Waals surface area contributed by atoms with Crippen LogP contribution in [0.5, 0.6) is 11.5 Å². The first-order chi connectivity index (χ1) is 17.5. The van der Waals surface area contributed by atoms with E-state index in [0.717, 1.165) is 45.3 Å². The number of carbonyl (C=O) groups is 1. The van der Waals surface area contributed by atoms with Gasteiger partial charge >= 0.3 is 5.97 Å². The Kier molecular flexibility index (Phi) is 5.55. The van der Waals surface area contributed by atoms with Crippen molar-refractivity contribution < 1.29 is 19.4 Å². The number of nitrogens with one attached hydrogen (secondary N) is 1. The average molecular weight is 484 g/mol. The second-order valence-electron chi connectivity index (χ2n) is 9.71. The van der Waals surface area contributed by atoms with E-state index >= 15 is 0 Å². The Morgan fingerprint density at radius 1 is 1.19 bits per heavy atom. The molecule has 1 atom stereocenters. The van der Waals surface area contributed by atoms with Gasteiger partial charge < -0.3 is 19.9 Å². The summed E-state index contributed by atoms with van der Waals surface area (Å²) in [5.41, 5.74) is 7.54. The maximum Gasteiger partial charge on any atom is 0.304 e. The topological polar surface area (TPSA) is 85.6 Å². The minimum atomic E-state index is -0.802. The van der Waals surface area contributed by atoms with Crippen LogP contribution in [0.4, 0.5) is 5.69 Å². The monoisotopic (exact) mass is 483 g/mol. The summed E-state index contributed by atoms with van der Waals surface area (Å²) in [5, 5.41) is 12.7. The molecule has 1 fully saturated rings. The summed E-state index contributed by atoms with van der Waals surface area (Å²) in [6, 6.07) is 18.5. The van der Waals surface area contributed by atoms with Gasteiger partial charge in [0.2, 0.25) is 0 Å². The molecular formula is C29H29N3O4. The predicted octanol–water partition coefficient (Wildman–Crippen LogP) is 5.78. The van der Waals surface area contributed by atoms with E-state index in [9.17, 15) is 4.79 Å². The number of nitrogens with zero attached hydrogens (tertiary/aromatic N) is 2. The summed E-state index contributed by atoms with van der Waals surface area (Å²) in [7, 11) is 1.68. The van der Waals surface area contributed by atoms with Crippen molar-refractivity contribution in [3.8, 4) is 17.2 Å². The van der Waals surface area contributed by atoms with Gasteiger partial charge in [-0.3, -0.25) is 9.36 Å². The summed E-state index contributed by atoms with van der Waals surface area (Å²) in [4.78, 5) is 16.1. The molecule has 0 saturated heterocycles. The maximum atomic E-state index is 11.1. The Morgan fingerprint density at radius 2 is 2.06 bits per heavy atom. The number of anilines is 1. The summed E-state index contributed by atoms with van der Waals surface area (Å²) < 4.78 is 13.5. The van der Waals surface area contributed by atoms with Crippen LogP contribution in [0.25, 0.3) is 16.7 Å². The first-order valence-corrected chi connectivity index (χ1v) is 12.4. The van der Waals surface area contributed by atoms with Gasteiger partial charge in [0.15, 0.2) is 0 Å². The van der Waals surface area contributed by atoms with Crippen molar-refractivity contribution in [1.29, 1.82) is 0 Å². The van der Waals surface area contributed by atoms with Crippen molar-refractivity contribution in [2.45, 2.75) is 44.6 Å². The number of fused-ring (bicyclic) bond motifs is 2. The summed E-state index contributed by atoms with van der Waals surface area (Å²) in [6.45, 7) is 3.25. The van der Waals surface area contributed by atoms with Crippen LogP contribution in [0, 0.1) is 6.92 Å². The fraction of sp³-hybridized carbons (Fsp3) is 0.310. The molecule has 0 amide bonds. The van der Waals surface area contributed by atoms with Crippen LogP contribution in [0.3, 0.4) is 0 Å². The van der Waals surface area contributed by atoms with Crippen molar-refractivity contribution in [1.82, 2.24) is 9.55 Å². The number of hydrogen-bond donors (Lipinski definition) is 2. The highest BCUT2D eigenvalue weighted by atomic mass is 16.5. The van der Waals surface area contributed by atoms with Crippen molar-refractivity contribution in [2.75, 3.05) is 19.0 Å². The number of rotatable bonds is 8. The molecule has 0 radical (unpaired) electrons. The lowest BCUT2D eigenvalue weighted by molar-refractivity contribution is -0.137. The number of aliphatic carboxylic acids is 1. The van der Waals surface area contributed by atoms with Crippen LogP contribution in [-0.2, 0) is 11.3 Å². The maximum absolute atomic E-state index is 11.1. The summed E-state index contributed by atoms with van der Waals surface area (Å²) in [5.74, 6) is 2.32. The number of ether oxygens (including phenoxy) is 2. The third kappa shape index (κ3) is 4.04. The fourth-order valence-corrected chi connectivity index (χ4v) is 5.14. The predicted molar refractivity (Wildman–Crippen MR) is 139 cm³/mol. The van der Waals surface area contributed by atoms with Gasteiger partial charge in [-0.05, 0) is 55.2 Å². The molecule has 2 aliphatic rings. The van der Waals surface area contributed by atoms with Gasteiger partial charge in [0.1, 0.15) is 17.3 Å². The van der Waals surface area contributed by atoms with E-state index in [1.165, 1.54) is 24.0 Å². The number of carboxylic acids is 1. The molecule has 1 aliphatic heterocycles. The van der Waals surface area contributed by atoms with E-state index in [1.807, 2.05) is 30.3 Å². The van der Waals surface area contributed by atoms with E-state index in [2.05, 4.69) is 41.1 Å². The second-order valence-corrected chi connectivity index (χ2v) is 9.71. The third-order valence-electron chi connectivity index (χ3n) is 7.29. The molecule has 1 aliphatic carbocycles. The third-order valence-corrected chi connectivity index (χ3v) is 7.29. The van der Waals surface area contributed by atoms with Crippen molar-refractivity contribution in [3.63, 3.8) is 0 Å². The number of methoxy groups -OCH3 is 1. The molecule has 0 bridgehead atoms. The van der Waals surface area contributed by atoms with Crippen LogP contribution < -0.4 is 14.8 Å². The summed E-state index contributed by atoms with van der Waals surface area (Å²) >= 11 is 0. The number of hydrogen-bond acceptors (Lipinski definition) is 5. The zero-order valence-electron chi connectivity index (χ0n) is 20.5. The lowest BCUT2D eigenvalue weighted by Gasteiger charge is -2.16. The van der Waals surface area contributed by atoms with Crippen LogP contribution in [0.1, 0.15) is 53.6 Å². The first-order valence-electron chi connectivity index (χ1n) is 12.4. The Balaban J connectivity index is 1.28. The molecule has 4 aromatic rings. The van der Waals surface area contributed by atoms with Gasteiger partial charge in [-0.25, -0.2) is 4.98 Å². The van der Waals surface area contributed by atoms with Crippen molar-refractivity contribution >= 4 is 22.7 Å². The molecule has 2 heterocycles. The molecule has 1 aromatic heterocycles. The van der Waals surface area contributed by atoms with Crippen molar-refractivity contribution in [2.24, 2.45) is 0 Å². The fourth-order valence-electron chi connectivity index (χ4n) is 5.14. The van der Waals surface area contributed by atoms with Gasteiger partial charge in [-0.15, -0.1) is 0 Å². The standard InChI is InChI=1S/C29H29N3O4/c1-17-19(15-30-21-8-10-23-20(12-28(33)34)16-36-27(23)13-21)4-3-5-25(17)32-26-11-9-22(35-2)14-24(26)31-29(32)18-6-7-18/h3-5,8-11,13-14,18,20,30H,6-7,12,15-16H2,1-2H3,(H,33,34). The minimum Gasteiger partial charge on any atom is -0.497 e. The number of aromatic nitrogens is 2. The molecule has 3 aromatic carbocycles. The Hall–Kier alpha value is -4.00. The SMILES string of the molecule is COc1ccc2c(c1)nc(C1CC1)n2-c1cccc(CNc2ccc3c(c2)OCC3CC(=O)O)c1C. The zero-order valence-corrected chi connectivity index (χ0v) is 20.5. The van der Waals surface area contributed by atoms with Crippen LogP contribution in [0.15, 0.2) is 54.6 Å². The van der Waals surface area contributed by atoms with Gasteiger partial charge in [0.05, 0.1) is 36.9 Å². The van der Waals surface area contributed by atoms with Crippen LogP contribution >= 0.6 is 0 Å². The molecule has 2 N–H and O–H groups in total. The zero-order chi connectivity index (χ0) is 24.8. The molecule has 6 rings (SSSR count). The molecule has 1 unspecified atom stereocenters. The molecule has 0 spiro atoms. The molecular weight excluding hydrogens is 454 g/mol. The normalized spacial score (nSPS) is 16.6. The largest absolute Gasteiger partial charge is 0.497 e. The van der Waals surface area contributed by atoms with E-state index in [4.69, 9.17) is 19.6 Å². The molecule has 184 valence electrons. The first kappa shape index (κ1) is 22.5. The van der Waals surface area contributed by atoms with E-state index < -0.39 is 5.97 Å². The summed E-state index contributed by atoms with van der Waals surface area (Å²) in [6.07, 6.45) is 2.44. The number of imidazole rings is 1. The van der Waals surface area contributed by atoms with E-state index in [0.29, 0.717) is 19.1 Å². The van der Waals surface area contributed by atoms with E-state index in [-0.39, 0.29) is 12.3 Å². The minimum absolute atomic E-state index is 0.0869. The van der Waals surface area contributed by atoms with Gasteiger partial charge in [-0.2, -0.15) is 0 Å². The van der Waals surface area contributed by atoms with E-state index in [1.54, 1.807) is 7.11 Å². The number of carboxylic acid groups (broad SMARTS) is 1. The molecule has 36 heavy (non-hydrogen) atoms. The van der Waals surface area contributed by atoms with Gasteiger partial charge in [-0.1, -0.05) is 18.2 Å². The Bertz CT molecular complexity index is 1470. The lowest BCUT2D eigenvalue weighted by Crippen LogP contribution is -2.07. The van der Waals surface area contributed by atoms with Crippen LogP contribution in [0.2, 0.25) is 0 Å².